The fraction of sp³-hybridized carbons (Fsp3) is 0. The van der Waals surface area contributed by atoms with E-state index >= 15 is 0 Å². The zero-order valence-electron chi connectivity index (χ0n) is 36.5. The van der Waals surface area contributed by atoms with Crippen molar-refractivity contribution >= 4 is 54.3 Å². The molecule has 0 saturated carbocycles. The van der Waals surface area contributed by atoms with Crippen molar-refractivity contribution in [2.75, 3.05) is 0 Å². The average Bonchev–Trinajstić information content (AvgIpc) is 3.67. The van der Waals surface area contributed by atoms with Crippen molar-refractivity contribution in [1.82, 2.24) is 15.0 Å². The molecule has 0 unspecified atom stereocenters. The van der Waals surface area contributed by atoms with E-state index in [1.807, 2.05) is 48.5 Å². The molecule has 2 aromatic heterocycles. The van der Waals surface area contributed by atoms with Gasteiger partial charge in [-0.25, -0.2) is 15.0 Å². The van der Waals surface area contributed by atoms with Crippen molar-refractivity contribution in [3.8, 4) is 45.3 Å². The van der Waals surface area contributed by atoms with Crippen LogP contribution < -0.4 is 0 Å². The lowest BCUT2D eigenvalue weighted by molar-refractivity contribution is 0.670. The third kappa shape index (κ3) is 4.49. The first kappa shape index (κ1) is 18.6. The Labute approximate surface area is 297 Å². The minimum Gasteiger partial charge on any atom is -0.455 e. The fourth-order valence-electron chi connectivity index (χ4n) is 6.47. The molecule has 10 rings (SSSR count). The standard InChI is InChI=1S/C45H27N3O/c1-3-12-28(13-4-1)43-46-44(29-14-5-2-6-15-29)48-45(47-43)31-23-25-38-39-21-11-20-32(42(39)49-41(38)27-31)30-22-24-37-35-18-8-7-16-33(35)34-17-9-10-19-36(34)40(37)26-30/h1-27H/i1D,3D,4D,11D,12D,13D,20D,21D,23D,25D,27D. The van der Waals surface area contributed by atoms with E-state index < -0.39 is 60.4 Å². The number of benzene rings is 8. The molecule has 0 aliphatic rings. The molecule has 0 atom stereocenters. The molecule has 4 nitrogen and oxygen atoms in total. The summed E-state index contributed by atoms with van der Waals surface area (Å²) in [5.41, 5.74) is 0.375. The second-order valence-corrected chi connectivity index (χ2v) is 11.5. The summed E-state index contributed by atoms with van der Waals surface area (Å²) in [5, 5.41) is 5.95. The van der Waals surface area contributed by atoms with E-state index in [4.69, 9.17) is 15.4 Å². The number of aromatic nitrogens is 3. The molecule has 0 amide bonds. The van der Waals surface area contributed by atoms with E-state index in [1.165, 1.54) is 0 Å². The van der Waals surface area contributed by atoms with E-state index in [-0.39, 0.29) is 62.1 Å². The van der Waals surface area contributed by atoms with Crippen molar-refractivity contribution in [2.24, 2.45) is 0 Å². The van der Waals surface area contributed by atoms with Crippen LogP contribution in [-0.2, 0) is 0 Å². The molecule has 0 saturated heterocycles. The lowest BCUT2D eigenvalue weighted by Crippen LogP contribution is -2.00. The van der Waals surface area contributed by atoms with Gasteiger partial charge in [-0.3, -0.25) is 0 Å². The van der Waals surface area contributed by atoms with Crippen molar-refractivity contribution in [3.63, 3.8) is 0 Å². The van der Waals surface area contributed by atoms with Gasteiger partial charge < -0.3 is 4.42 Å². The molecule has 0 fully saturated rings. The molecule has 49 heavy (non-hydrogen) atoms. The molecular weight excluding hydrogens is 599 g/mol. The Hall–Kier alpha value is -6.65. The van der Waals surface area contributed by atoms with Gasteiger partial charge in [0.2, 0.25) is 0 Å². The molecule has 2 heterocycles. The van der Waals surface area contributed by atoms with Crippen LogP contribution >= 0.6 is 0 Å². The highest BCUT2D eigenvalue weighted by Crippen LogP contribution is 2.41. The molecule has 10 aromatic rings. The van der Waals surface area contributed by atoms with Crippen LogP contribution in [0.15, 0.2) is 168 Å². The lowest BCUT2D eigenvalue weighted by Gasteiger charge is -2.12. The molecule has 0 aliphatic heterocycles. The first-order valence-electron chi connectivity index (χ1n) is 21.1. The highest BCUT2D eigenvalue weighted by molar-refractivity contribution is 6.26. The second-order valence-electron chi connectivity index (χ2n) is 11.5. The third-order valence-electron chi connectivity index (χ3n) is 8.71. The van der Waals surface area contributed by atoms with Crippen LogP contribution in [0.1, 0.15) is 15.1 Å². The number of nitrogens with zero attached hydrogens (tertiary/aromatic N) is 3. The number of furan rings is 1. The Kier molecular flexibility index (Phi) is 4.17. The van der Waals surface area contributed by atoms with Gasteiger partial charge in [-0.05, 0) is 56.0 Å². The summed E-state index contributed by atoms with van der Waals surface area (Å²) in [5.74, 6) is -0.586. The maximum Gasteiger partial charge on any atom is 0.164 e. The van der Waals surface area contributed by atoms with Crippen LogP contribution in [0.3, 0.4) is 0 Å². The van der Waals surface area contributed by atoms with Gasteiger partial charge in [0.1, 0.15) is 11.2 Å². The normalized spacial score (nSPS) is 14.8. The van der Waals surface area contributed by atoms with Gasteiger partial charge in [-0.1, -0.05) is 145 Å². The molecule has 0 bridgehead atoms. The zero-order valence-corrected chi connectivity index (χ0v) is 25.5. The number of para-hydroxylation sites is 1. The first-order chi connectivity index (χ1) is 28.9. The summed E-state index contributed by atoms with van der Waals surface area (Å²) in [6.45, 7) is 0. The molecule has 228 valence electrons. The van der Waals surface area contributed by atoms with Crippen LogP contribution in [0.5, 0.6) is 0 Å². The van der Waals surface area contributed by atoms with E-state index in [0.29, 0.717) is 11.1 Å². The summed E-state index contributed by atoms with van der Waals surface area (Å²) >= 11 is 0. The summed E-state index contributed by atoms with van der Waals surface area (Å²) in [6, 6.07) is 25.0. The molecule has 0 aliphatic carbocycles. The summed E-state index contributed by atoms with van der Waals surface area (Å²) < 4.78 is 104. The average molecular weight is 637 g/mol. The summed E-state index contributed by atoms with van der Waals surface area (Å²) in [4.78, 5) is 13.6. The minimum absolute atomic E-state index is 0.000523. The quantitative estimate of drug-likeness (QED) is 0.180. The zero-order chi connectivity index (χ0) is 41.9. The topological polar surface area (TPSA) is 51.8 Å². The monoisotopic (exact) mass is 636 g/mol. The predicted octanol–water partition coefficient (Wildman–Crippen LogP) is 11.9. The highest BCUT2D eigenvalue weighted by Gasteiger charge is 2.17. The predicted molar refractivity (Wildman–Crippen MR) is 201 cm³/mol. The van der Waals surface area contributed by atoms with Gasteiger partial charge in [0.05, 0.1) is 15.1 Å². The first-order valence-corrected chi connectivity index (χ1v) is 15.6. The van der Waals surface area contributed by atoms with Gasteiger partial charge in [0.25, 0.3) is 0 Å². The van der Waals surface area contributed by atoms with Gasteiger partial charge in [-0.2, -0.15) is 0 Å². The SMILES string of the molecule is [2H]c1c([2H])c([2H])c(-c2nc(-c3ccccc3)nc(-c3c([2H])c([2H])c4c(oc5c(-c6ccc7c8ccccc8c8ccccc8c7c6)c([2H])c([2H])c([2H])c54)c3[2H])n2)c([2H])c1[2H]. The van der Waals surface area contributed by atoms with Crippen molar-refractivity contribution < 1.29 is 19.5 Å². The fourth-order valence-corrected chi connectivity index (χ4v) is 6.47. The van der Waals surface area contributed by atoms with Gasteiger partial charge >= 0.3 is 0 Å². The van der Waals surface area contributed by atoms with Crippen LogP contribution in [0.4, 0.5) is 0 Å². The van der Waals surface area contributed by atoms with Crippen molar-refractivity contribution in [1.29, 1.82) is 0 Å². The summed E-state index contributed by atoms with van der Waals surface area (Å²) in [7, 11) is 0. The maximum absolute atomic E-state index is 9.49. The molecule has 0 radical (unpaired) electrons. The Balaban J connectivity index is 1.26. The van der Waals surface area contributed by atoms with Crippen molar-refractivity contribution in [3.05, 3.63) is 164 Å². The van der Waals surface area contributed by atoms with E-state index in [2.05, 4.69) is 33.2 Å². The van der Waals surface area contributed by atoms with Gasteiger partial charge in [0, 0.05) is 33.0 Å². The number of hydrogen-bond donors (Lipinski definition) is 0. The van der Waals surface area contributed by atoms with E-state index in [0.717, 1.165) is 32.3 Å². The van der Waals surface area contributed by atoms with Crippen LogP contribution in [0.25, 0.3) is 99.5 Å². The third-order valence-corrected chi connectivity index (χ3v) is 8.71. The highest BCUT2D eigenvalue weighted by atomic mass is 16.3. The molecular formula is C45H27N3O. The molecule has 8 aromatic carbocycles. The van der Waals surface area contributed by atoms with Crippen LogP contribution in [-0.4, -0.2) is 15.0 Å². The molecule has 4 heteroatoms. The number of fused-ring (bicyclic) bond motifs is 9. The van der Waals surface area contributed by atoms with Gasteiger partial charge in [-0.15, -0.1) is 0 Å². The minimum atomic E-state index is -0.605. The molecule has 0 spiro atoms. The van der Waals surface area contributed by atoms with Gasteiger partial charge in [0.15, 0.2) is 17.5 Å². The largest absolute Gasteiger partial charge is 0.455 e. The van der Waals surface area contributed by atoms with Crippen LogP contribution in [0, 0.1) is 0 Å². The number of hydrogen-bond acceptors (Lipinski definition) is 4. The second kappa shape index (κ2) is 11.0. The molecule has 0 N–H and O–H groups in total. The maximum atomic E-state index is 9.49. The Morgan fingerprint density at radius 2 is 1.02 bits per heavy atom. The smallest absolute Gasteiger partial charge is 0.164 e. The van der Waals surface area contributed by atoms with Crippen LogP contribution in [0.2, 0.25) is 0 Å². The summed E-state index contributed by atoms with van der Waals surface area (Å²) in [6.07, 6.45) is 0. The van der Waals surface area contributed by atoms with E-state index in [9.17, 15) is 4.11 Å². The lowest BCUT2D eigenvalue weighted by atomic mass is 9.92. The van der Waals surface area contributed by atoms with E-state index in [1.54, 1.807) is 30.3 Å². The Morgan fingerprint density at radius 1 is 0.408 bits per heavy atom. The van der Waals surface area contributed by atoms with Crippen molar-refractivity contribution in [2.45, 2.75) is 0 Å². The Morgan fingerprint density at radius 3 is 1.73 bits per heavy atom. The number of rotatable bonds is 4. The Bertz CT molecular complexity index is 3450.